The molecule has 1 aromatic carbocycles. The summed E-state index contributed by atoms with van der Waals surface area (Å²) < 4.78 is 1.03. The van der Waals surface area contributed by atoms with Crippen LogP contribution in [0, 0.1) is 0 Å². The van der Waals surface area contributed by atoms with Crippen molar-refractivity contribution in [3.8, 4) is 0 Å². The zero-order chi connectivity index (χ0) is 13.6. The average molecular weight is 313 g/mol. The largest absolute Gasteiger partial charge is 0.352 e. The molecule has 0 fully saturated rings. The van der Waals surface area contributed by atoms with Gasteiger partial charge in [0.15, 0.2) is 0 Å². The fourth-order valence-electron chi connectivity index (χ4n) is 1.49. The molecule has 0 aliphatic carbocycles. The molecule has 0 spiro atoms. The Balaban J connectivity index is 2.25. The summed E-state index contributed by atoms with van der Waals surface area (Å²) in [5, 5.41) is 6.20. The molecule has 0 radical (unpaired) electrons. The van der Waals surface area contributed by atoms with Crippen LogP contribution in [0.15, 0.2) is 28.7 Å². The minimum Gasteiger partial charge on any atom is -0.352 e. The molecular weight excluding hydrogens is 292 g/mol. The summed E-state index contributed by atoms with van der Waals surface area (Å²) in [6.45, 7) is 7.55. The summed E-state index contributed by atoms with van der Waals surface area (Å²) in [6.07, 6.45) is 0.505. The van der Waals surface area contributed by atoms with Gasteiger partial charge in [-0.05, 0) is 38.5 Å². The Bertz CT molecular complexity index is 399. The quantitative estimate of drug-likeness (QED) is 0.878. The first-order valence-electron chi connectivity index (χ1n) is 6.13. The first-order chi connectivity index (χ1) is 8.37. The van der Waals surface area contributed by atoms with Gasteiger partial charge in [0.05, 0.1) is 0 Å². The van der Waals surface area contributed by atoms with Crippen molar-refractivity contribution in [2.24, 2.45) is 0 Å². The minimum atomic E-state index is 0.0601. The molecule has 4 heteroatoms. The van der Waals surface area contributed by atoms with E-state index in [0.717, 1.165) is 10.0 Å². The van der Waals surface area contributed by atoms with Crippen LogP contribution in [0.3, 0.4) is 0 Å². The molecule has 0 atom stereocenters. The van der Waals surface area contributed by atoms with Crippen molar-refractivity contribution in [2.45, 2.75) is 39.3 Å². The smallest absolute Gasteiger partial charge is 0.221 e. The van der Waals surface area contributed by atoms with E-state index >= 15 is 0 Å². The molecule has 100 valence electrons. The molecule has 0 heterocycles. The van der Waals surface area contributed by atoms with Crippen molar-refractivity contribution < 1.29 is 4.79 Å². The Morgan fingerprint density at radius 2 is 2.06 bits per heavy atom. The highest BCUT2D eigenvalue weighted by atomic mass is 79.9. The van der Waals surface area contributed by atoms with Crippen LogP contribution in [0.25, 0.3) is 0 Å². The molecule has 0 aliphatic heterocycles. The summed E-state index contributed by atoms with van der Waals surface area (Å²) in [5.41, 5.74) is 1.16. The number of hydrogen-bond acceptors (Lipinski definition) is 2. The van der Waals surface area contributed by atoms with Crippen molar-refractivity contribution in [1.29, 1.82) is 0 Å². The van der Waals surface area contributed by atoms with E-state index in [1.165, 1.54) is 0 Å². The van der Waals surface area contributed by atoms with Gasteiger partial charge in [-0.1, -0.05) is 28.1 Å². The van der Waals surface area contributed by atoms with Crippen LogP contribution >= 0.6 is 15.9 Å². The third-order valence-corrected chi connectivity index (χ3v) is 2.88. The van der Waals surface area contributed by atoms with E-state index in [2.05, 4.69) is 47.3 Å². The molecule has 3 nitrogen and oxygen atoms in total. The van der Waals surface area contributed by atoms with Crippen molar-refractivity contribution in [2.75, 3.05) is 6.54 Å². The number of nitrogens with one attached hydrogen (secondary N) is 2. The molecule has 0 aromatic heterocycles. The second kappa shape index (κ2) is 6.90. The summed E-state index contributed by atoms with van der Waals surface area (Å²) in [5.74, 6) is 0.0757. The maximum Gasteiger partial charge on any atom is 0.221 e. The summed E-state index contributed by atoms with van der Waals surface area (Å²) in [4.78, 5) is 11.6. The fourth-order valence-corrected chi connectivity index (χ4v) is 1.93. The van der Waals surface area contributed by atoms with E-state index in [1.54, 1.807) is 0 Å². The predicted molar refractivity (Wildman–Crippen MR) is 78.4 cm³/mol. The lowest BCUT2D eigenvalue weighted by Gasteiger charge is -2.20. The maximum atomic E-state index is 11.6. The van der Waals surface area contributed by atoms with Crippen LogP contribution in [0.5, 0.6) is 0 Å². The van der Waals surface area contributed by atoms with Crippen LogP contribution in [-0.4, -0.2) is 18.0 Å². The van der Waals surface area contributed by atoms with Gasteiger partial charge in [0, 0.05) is 29.5 Å². The van der Waals surface area contributed by atoms with Gasteiger partial charge >= 0.3 is 0 Å². The molecule has 1 amide bonds. The molecule has 18 heavy (non-hydrogen) atoms. The van der Waals surface area contributed by atoms with E-state index in [4.69, 9.17) is 0 Å². The van der Waals surface area contributed by atoms with Crippen LogP contribution in [0.2, 0.25) is 0 Å². The molecule has 0 saturated heterocycles. The number of carbonyl (C=O) groups excluding carboxylic acids is 1. The second-order valence-corrected chi connectivity index (χ2v) is 6.25. The van der Waals surface area contributed by atoms with Crippen molar-refractivity contribution in [3.05, 3.63) is 34.3 Å². The normalized spacial score (nSPS) is 11.3. The van der Waals surface area contributed by atoms with Gasteiger partial charge in [-0.15, -0.1) is 0 Å². The predicted octanol–water partition coefficient (Wildman–Crippen LogP) is 2.84. The summed E-state index contributed by atoms with van der Waals surface area (Å²) >= 11 is 3.41. The molecule has 0 saturated carbocycles. The van der Waals surface area contributed by atoms with Gasteiger partial charge < -0.3 is 10.6 Å². The minimum absolute atomic E-state index is 0.0601. The average Bonchev–Trinajstić information content (AvgIpc) is 2.25. The highest BCUT2D eigenvalue weighted by Gasteiger charge is 2.09. The van der Waals surface area contributed by atoms with E-state index in [0.29, 0.717) is 19.5 Å². The third kappa shape index (κ3) is 6.77. The number of hydrogen-bond donors (Lipinski definition) is 2. The van der Waals surface area contributed by atoms with Crippen molar-refractivity contribution >= 4 is 21.8 Å². The number of amides is 1. The van der Waals surface area contributed by atoms with E-state index < -0.39 is 0 Å². The second-order valence-electron chi connectivity index (χ2n) is 5.33. The van der Waals surface area contributed by atoms with Crippen LogP contribution in [0.1, 0.15) is 32.8 Å². The number of benzene rings is 1. The molecule has 0 unspecified atom stereocenters. The summed E-state index contributed by atoms with van der Waals surface area (Å²) in [7, 11) is 0. The Kier molecular flexibility index (Phi) is 5.82. The Labute approximate surface area is 117 Å². The first kappa shape index (κ1) is 15.2. The molecule has 0 bridgehead atoms. The van der Waals surface area contributed by atoms with Crippen LogP contribution in [-0.2, 0) is 11.3 Å². The van der Waals surface area contributed by atoms with Gasteiger partial charge in [0.25, 0.3) is 0 Å². The lowest BCUT2D eigenvalue weighted by molar-refractivity contribution is -0.121. The zero-order valence-corrected chi connectivity index (χ0v) is 12.8. The summed E-state index contributed by atoms with van der Waals surface area (Å²) in [6, 6.07) is 7.94. The first-order valence-corrected chi connectivity index (χ1v) is 6.92. The third-order valence-electron chi connectivity index (χ3n) is 2.39. The standard InChI is InChI=1S/C14H21BrN2O/c1-14(2,3)17-8-7-13(18)16-10-11-5-4-6-12(15)9-11/h4-6,9,17H,7-8,10H2,1-3H3,(H,16,18). The molecule has 1 rings (SSSR count). The lowest BCUT2D eigenvalue weighted by atomic mass is 10.1. The van der Waals surface area contributed by atoms with E-state index in [1.807, 2.05) is 24.3 Å². The van der Waals surface area contributed by atoms with E-state index in [9.17, 15) is 4.79 Å². The Morgan fingerprint density at radius 1 is 1.33 bits per heavy atom. The fraction of sp³-hybridized carbons (Fsp3) is 0.500. The van der Waals surface area contributed by atoms with Crippen molar-refractivity contribution in [3.63, 3.8) is 0 Å². The maximum absolute atomic E-state index is 11.6. The van der Waals surface area contributed by atoms with Gasteiger partial charge in [0.2, 0.25) is 5.91 Å². The monoisotopic (exact) mass is 312 g/mol. The number of rotatable bonds is 5. The molecule has 1 aromatic rings. The number of carbonyl (C=O) groups is 1. The van der Waals surface area contributed by atoms with E-state index in [-0.39, 0.29) is 11.4 Å². The zero-order valence-electron chi connectivity index (χ0n) is 11.2. The topological polar surface area (TPSA) is 41.1 Å². The van der Waals surface area contributed by atoms with Crippen LogP contribution < -0.4 is 10.6 Å². The molecule has 0 aliphatic rings. The Hall–Kier alpha value is -0.870. The van der Waals surface area contributed by atoms with Gasteiger partial charge in [-0.2, -0.15) is 0 Å². The number of halogens is 1. The van der Waals surface area contributed by atoms with Gasteiger partial charge in [0.1, 0.15) is 0 Å². The van der Waals surface area contributed by atoms with Crippen LogP contribution in [0.4, 0.5) is 0 Å². The lowest BCUT2D eigenvalue weighted by Crippen LogP contribution is -2.38. The SMILES string of the molecule is CC(C)(C)NCCC(=O)NCc1cccc(Br)c1. The van der Waals surface area contributed by atoms with Crippen molar-refractivity contribution in [1.82, 2.24) is 10.6 Å². The molecule has 2 N–H and O–H groups in total. The van der Waals surface area contributed by atoms with Gasteiger partial charge in [-0.25, -0.2) is 0 Å². The highest BCUT2D eigenvalue weighted by Crippen LogP contribution is 2.11. The van der Waals surface area contributed by atoms with Gasteiger partial charge in [-0.3, -0.25) is 4.79 Å². The molecular formula is C14H21BrN2O. The highest BCUT2D eigenvalue weighted by molar-refractivity contribution is 9.10. The Morgan fingerprint density at radius 3 is 2.67 bits per heavy atom.